The van der Waals surface area contributed by atoms with Crippen molar-refractivity contribution < 1.29 is 23.5 Å². The predicted octanol–water partition coefficient (Wildman–Crippen LogP) is 4.38. The van der Waals surface area contributed by atoms with Gasteiger partial charge in [0.15, 0.2) is 6.10 Å². The van der Waals surface area contributed by atoms with Gasteiger partial charge in [-0.05, 0) is 37.3 Å². The highest BCUT2D eigenvalue weighted by Gasteiger charge is 2.26. The molecule has 0 aliphatic carbocycles. The van der Waals surface area contributed by atoms with Gasteiger partial charge in [-0.15, -0.1) is 11.8 Å². The molecule has 1 heterocycles. The summed E-state index contributed by atoms with van der Waals surface area (Å²) in [7, 11) is 1.37. The zero-order valence-corrected chi connectivity index (χ0v) is 17.8. The van der Waals surface area contributed by atoms with Crippen LogP contribution in [-0.2, 0) is 15.3 Å². The highest BCUT2D eigenvalue weighted by molar-refractivity contribution is 7.98. The van der Waals surface area contributed by atoms with Gasteiger partial charge in [0.1, 0.15) is 5.58 Å². The number of thioether (sulfide) groups is 1. The number of para-hydroxylation sites is 1. The number of imide groups is 1. The van der Waals surface area contributed by atoms with Crippen LogP contribution in [0.1, 0.15) is 23.0 Å². The molecule has 0 fully saturated rings. The summed E-state index contributed by atoms with van der Waals surface area (Å²) in [6.07, 6.45) is -1.18. The standard InChI is InChI=1S/C21H19ClN2O5S/c1-12(19(25)24-21(27)23-2)28-20(26)18-16(15-5-3-4-6-17(15)29-18)11-30-14-9-7-13(22)8-10-14/h3-10,12H,11H2,1-2H3,(H2,23,24,25,27)/t12-/m0/s1. The van der Waals surface area contributed by atoms with Gasteiger partial charge in [0.05, 0.1) is 0 Å². The Balaban J connectivity index is 1.81. The third-order valence-corrected chi connectivity index (χ3v) is 5.49. The normalized spacial score (nSPS) is 11.7. The molecule has 1 aromatic heterocycles. The van der Waals surface area contributed by atoms with E-state index in [0.717, 1.165) is 10.3 Å². The predicted molar refractivity (Wildman–Crippen MR) is 115 cm³/mol. The Labute approximate surface area is 182 Å². The minimum absolute atomic E-state index is 0.0252. The highest BCUT2D eigenvalue weighted by atomic mass is 35.5. The molecule has 3 aromatic rings. The molecule has 156 valence electrons. The van der Waals surface area contributed by atoms with Gasteiger partial charge in [0, 0.05) is 33.7 Å². The fourth-order valence-corrected chi connectivity index (χ4v) is 3.69. The summed E-state index contributed by atoms with van der Waals surface area (Å²) in [5, 5.41) is 5.75. The molecular weight excluding hydrogens is 428 g/mol. The minimum atomic E-state index is -1.18. The van der Waals surface area contributed by atoms with E-state index in [1.807, 2.05) is 24.3 Å². The Morgan fingerprint density at radius 2 is 1.83 bits per heavy atom. The number of fused-ring (bicyclic) bond motifs is 1. The average molecular weight is 447 g/mol. The lowest BCUT2D eigenvalue weighted by Gasteiger charge is -2.12. The molecule has 9 heteroatoms. The maximum Gasteiger partial charge on any atom is 0.375 e. The van der Waals surface area contributed by atoms with Gasteiger partial charge in [-0.25, -0.2) is 9.59 Å². The molecule has 0 radical (unpaired) electrons. The van der Waals surface area contributed by atoms with Crippen molar-refractivity contribution in [1.82, 2.24) is 10.6 Å². The number of hydrogen-bond acceptors (Lipinski definition) is 6. The molecule has 1 atom stereocenters. The number of halogens is 1. The molecule has 0 spiro atoms. The molecule has 0 aliphatic rings. The van der Waals surface area contributed by atoms with E-state index in [-0.39, 0.29) is 5.76 Å². The molecule has 0 bridgehead atoms. The fraction of sp³-hybridized carbons (Fsp3) is 0.190. The number of nitrogens with one attached hydrogen (secondary N) is 2. The molecule has 3 amide bonds. The molecule has 0 unspecified atom stereocenters. The second-order valence-electron chi connectivity index (χ2n) is 6.26. The van der Waals surface area contributed by atoms with E-state index < -0.39 is 24.0 Å². The van der Waals surface area contributed by atoms with Gasteiger partial charge < -0.3 is 14.5 Å². The Morgan fingerprint density at radius 1 is 1.13 bits per heavy atom. The number of esters is 1. The Bertz CT molecular complexity index is 1080. The number of carbonyl (C=O) groups excluding carboxylic acids is 3. The van der Waals surface area contributed by atoms with E-state index in [0.29, 0.717) is 21.9 Å². The smallest absolute Gasteiger partial charge is 0.375 e. The Kier molecular flexibility index (Phi) is 7.02. The number of rotatable bonds is 6. The van der Waals surface area contributed by atoms with Crippen LogP contribution >= 0.6 is 23.4 Å². The Morgan fingerprint density at radius 3 is 2.53 bits per heavy atom. The second-order valence-corrected chi connectivity index (χ2v) is 7.75. The topological polar surface area (TPSA) is 97.6 Å². The van der Waals surface area contributed by atoms with Crippen LogP contribution in [0.15, 0.2) is 57.8 Å². The first-order chi connectivity index (χ1) is 14.4. The number of amides is 3. The van der Waals surface area contributed by atoms with Crippen molar-refractivity contribution in [2.24, 2.45) is 0 Å². The lowest BCUT2D eigenvalue weighted by Crippen LogP contribution is -2.43. The third-order valence-electron chi connectivity index (χ3n) is 4.20. The SMILES string of the molecule is CNC(=O)NC(=O)[C@H](C)OC(=O)c1oc2ccccc2c1CSc1ccc(Cl)cc1. The van der Waals surface area contributed by atoms with Gasteiger partial charge in [-0.3, -0.25) is 10.1 Å². The van der Waals surface area contributed by atoms with Crippen molar-refractivity contribution in [3.8, 4) is 0 Å². The van der Waals surface area contributed by atoms with Gasteiger partial charge in [0.25, 0.3) is 5.91 Å². The fourth-order valence-electron chi connectivity index (χ4n) is 2.64. The summed E-state index contributed by atoms with van der Waals surface area (Å²) in [6.45, 7) is 1.38. The number of ether oxygens (including phenoxy) is 1. The van der Waals surface area contributed by atoms with Crippen LogP contribution in [0.5, 0.6) is 0 Å². The van der Waals surface area contributed by atoms with Gasteiger partial charge in [-0.2, -0.15) is 0 Å². The molecule has 30 heavy (non-hydrogen) atoms. The number of hydrogen-bond donors (Lipinski definition) is 2. The van der Waals surface area contributed by atoms with Crippen molar-refractivity contribution in [2.75, 3.05) is 7.05 Å². The maximum absolute atomic E-state index is 12.7. The monoisotopic (exact) mass is 446 g/mol. The van der Waals surface area contributed by atoms with Gasteiger partial charge in [0.2, 0.25) is 5.76 Å². The van der Waals surface area contributed by atoms with Crippen molar-refractivity contribution >= 4 is 52.2 Å². The Hall–Kier alpha value is -2.97. The van der Waals surface area contributed by atoms with E-state index in [4.69, 9.17) is 20.8 Å². The first kappa shape index (κ1) is 21.7. The molecule has 0 saturated heterocycles. The number of carbonyl (C=O) groups is 3. The summed E-state index contributed by atoms with van der Waals surface area (Å²) in [5.74, 6) is -1.05. The summed E-state index contributed by atoms with van der Waals surface area (Å²) >= 11 is 7.44. The van der Waals surface area contributed by atoms with Crippen molar-refractivity contribution in [3.63, 3.8) is 0 Å². The maximum atomic E-state index is 12.7. The van der Waals surface area contributed by atoms with Crippen molar-refractivity contribution in [2.45, 2.75) is 23.7 Å². The van der Waals surface area contributed by atoms with E-state index in [1.165, 1.54) is 25.7 Å². The van der Waals surface area contributed by atoms with Crippen LogP contribution in [0.4, 0.5) is 4.79 Å². The molecule has 7 nitrogen and oxygen atoms in total. The highest BCUT2D eigenvalue weighted by Crippen LogP contribution is 2.33. The van der Waals surface area contributed by atoms with E-state index >= 15 is 0 Å². The number of urea groups is 1. The van der Waals surface area contributed by atoms with Crippen molar-refractivity contribution in [3.05, 3.63) is 64.9 Å². The van der Waals surface area contributed by atoms with Crippen LogP contribution in [0.25, 0.3) is 11.0 Å². The first-order valence-electron chi connectivity index (χ1n) is 9.01. The van der Waals surface area contributed by atoms with E-state index in [1.54, 1.807) is 24.3 Å². The minimum Gasteiger partial charge on any atom is -0.449 e. The van der Waals surface area contributed by atoms with Crippen LogP contribution in [0.2, 0.25) is 5.02 Å². The molecule has 2 aromatic carbocycles. The summed E-state index contributed by atoms with van der Waals surface area (Å²) in [5.41, 5.74) is 1.20. The molecule has 0 saturated carbocycles. The van der Waals surface area contributed by atoms with Crippen LogP contribution in [-0.4, -0.2) is 31.1 Å². The molecular formula is C21H19ClN2O5S. The van der Waals surface area contributed by atoms with Crippen molar-refractivity contribution in [1.29, 1.82) is 0 Å². The van der Waals surface area contributed by atoms with Crippen LogP contribution < -0.4 is 10.6 Å². The summed E-state index contributed by atoms with van der Waals surface area (Å²) in [4.78, 5) is 37.0. The number of furan rings is 1. The van der Waals surface area contributed by atoms with Crippen LogP contribution in [0, 0.1) is 0 Å². The molecule has 3 rings (SSSR count). The average Bonchev–Trinajstić information content (AvgIpc) is 3.12. The summed E-state index contributed by atoms with van der Waals surface area (Å²) in [6, 6.07) is 13.9. The largest absolute Gasteiger partial charge is 0.449 e. The molecule has 2 N–H and O–H groups in total. The summed E-state index contributed by atoms with van der Waals surface area (Å²) < 4.78 is 11.0. The third kappa shape index (κ3) is 5.14. The van der Waals surface area contributed by atoms with Gasteiger partial charge in [-0.1, -0.05) is 29.8 Å². The first-order valence-corrected chi connectivity index (χ1v) is 10.4. The van der Waals surface area contributed by atoms with E-state index in [2.05, 4.69) is 10.6 Å². The lowest BCUT2D eigenvalue weighted by molar-refractivity contribution is -0.128. The van der Waals surface area contributed by atoms with E-state index in [9.17, 15) is 14.4 Å². The molecule has 0 aliphatic heterocycles. The lowest BCUT2D eigenvalue weighted by atomic mass is 10.1. The zero-order chi connectivity index (χ0) is 21.7. The second kappa shape index (κ2) is 9.69. The zero-order valence-electron chi connectivity index (χ0n) is 16.2. The van der Waals surface area contributed by atoms with Gasteiger partial charge >= 0.3 is 12.0 Å². The number of benzene rings is 2. The quantitative estimate of drug-likeness (QED) is 0.430. The van der Waals surface area contributed by atoms with Crippen LogP contribution in [0.3, 0.4) is 0 Å².